The Morgan fingerprint density at radius 3 is 2.84 bits per heavy atom. The van der Waals surface area contributed by atoms with Crippen molar-refractivity contribution in [3.05, 3.63) is 84.2 Å². The summed E-state index contributed by atoms with van der Waals surface area (Å²) in [6, 6.07) is 10.6. The number of imidazole rings is 1. The molecule has 2 aromatic rings. The van der Waals surface area contributed by atoms with Crippen molar-refractivity contribution in [3.63, 3.8) is 0 Å². The van der Waals surface area contributed by atoms with E-state index in [9.17, 15) is 10.1 Å². The maximum atomic E-state index is 13.5. The molecule has 0 radical (unpaired) electrons. The molecule has 31 heavy (non-hydrogen) atoms. The fourth-order valence-corrected chi connectivity index (χ4v) is 5.77. The van der Waals surface area contributed by atoms with E-state index in [4.69, 9.17) is 0 Å². The van der Waals surface area contributed by atoms with E-state index < -0.39 is 16.2 Å². The zero-order chi connectivity index (χ0) is 22.3. The number of carbonyl (C=O) groups is 1. The number of amides is 1. The van der Waals surface area contributed by atoms with Crippen LogP contribution in [0.3, 0.4) is 0 Å². The van der Waals surface area contributed by atoms with Gasteiger partial charge in [-0.2, -0.15) is 5.26 Å². The molecule has 0 aliphatic heterocycles. The average Bonchev–Trinajstić information content (AvgIpc) is 3.30. The minimum atomic E-state index is -0.866. The van der Waals surface area contributed by atoms with E-state index in [-0.39, 0.29) is 11.8 Å². The summed E-state index contributed by atoms with van der Waals surface area (Å²) >= 11 is 0. The molecule has 5 heteroatoms. The number of fused-ring (bicyclic) bond motifs is 3. The van der Waals surface area contributed by atoms with Crippen molar-refractivity contribution >= 4 is 11.9 Å². The number of nitrogens with one attached hydrogen (secondary N) is 2. The number of nitriles is 1. The molecule has 1 heterocycles. The Bertz CT molecular complexity index is 1140. The topological polar surface area (TPSA) is 81.6 Å². The summed E-state index contributed by atoms with van der Waals surface area (Å²) in [5.41, 5.74) is 0.884. The monoisotopic (exact) mass is 412 g/mol. The molecule has 4 unspecified atom stereocenters. The van der Waals surface area contributed by atoms with Gasteiger partial charge in [-0.25, -0.2) is 4.98 Å². The van der Waals surface area contributed by atoms with E-state index in [0.29, 0.717) is 12.4 Å². The van der Waals surface area contributed by atoms with E-state index in [1.54, 1.807) is 6.20 Å². The van der Waals surface area contributed by atoms with Gasteiger partial charge < -0.3 is 4.98 Å². The van der Waals surface area contributed by atoms with Crippen LogP contribution in [0.25, 0.3) is 0 Å². The number of aromatic amines is 1. The highest BCUT2D eigenvalue weighted by Crippen LogP contribution is 2.77. The maximum absolute atomic E-state index is 13.5. The van der Waals surface area contributed by atoms with Gasteiger partial charge in [0.25, 0.3) is 0 Å². The molecule has 0 saturated heterocycles. The van der Waals surface area contributed by atoms with Crippen LogP contribution in [0.2, 0.25) is 0 Å². The first-order valence-electron chi connectivity index (χ1n) is 10.7. The number of rotatable bonds is 6. The number of H-pyrrole nitrogens is 1. The molecule has 158 valence electrons. The lowest BCUT2D eigenvalue weighted by Gasteiger charge is -2.60. The number of nitrogens with zero attached hydrogens (tertiary/aromatic N) is 2. The van der Waals surface area contributed by atoms with Gasteiger partial charge in [0.15, 0.2) is 0 Å². The Kier molecular flexibility index (Phi) is 4.97. The number of carbonyl (C=O) groups excluding carboxylic acids is 1. The standard InChI is InChI=1S/C26H28N4O/c1-5-8-11-14-26(17-27)20-13-10-9-12-19(20)21-24(4,16-25(21,26)7-3)22(31)30-23-28-15-18(6-2)29-23/h5,7-15,21H,3,6,16H2,1-2,4H3,(H2,28,29,30,31)/b8-5-,14-11-. The molecule has 2 aliphatic carbocycles. The van der Waals surface area contributed by atoms with Crippen molar-refractivity contribution in [2.45, 2.75) is 44.9 Å². The van der Waals surface area contributed by atoms with Crippen LogP contribution in [-0.2, 0) is 16.6 Å². The normalized spacial score (nSPS) is 31.1. The zero-order valence-corrected chi connectivity index (χ0v) is 18.3. The van der Waals surface area contributed by atoms with Crippen LogP contribution >= 0.6 is 0 Å². The summed E-state index contributed by atoms with van der Waals surface area (Å²) in [7, 11) is 0. The highest BCUT2D eigenvalue weighted by Gasteiger charge is 2.75. The van der Waals surface area contributed by atoms with Crippen LogP contribution in [0, 0.1) is 22.2 Å². The molecule has 5 nitrogen and oxygen atoms in total. The second-order valence-electron chi connectivity index (χ2n) is 8.73. The smallest absolute Gasteiger partial charge is 0.233 e. The lowest BCUT2D eigenvalue weighted by Crippen LogP contribution is -2.61. The van der Waals surface area contributed by atoms with Crippen molar-refractivity contribution in [1.29, 1.82) is 5.26 Å². The summed E-state index contributed by atoms with van der Waals surface area (Å²) < 4.78 is 0. The molecule has 1 saturated carbocycles. The van der Waals surface area contributed by atoms with Crippen LogP contribution in [-0.4, -0.2) is 15.9 Å². The number of hydrogen-bond donors (Lipinski definition) is 2. The molecule has 0 spiro atoms. The number of aromatic nitrogens is 2. The van der Waals surface area contributed by atoms with Gasteiger partial charge in [-0.15, -0.1) is 6.58 Å². The number of hydrogen-bond acceptors (Lipinski definition) is 3. The zero-order valence-electron chi connectivity index (χ0n) is 18.3. The van der Waals surface area contributed by atoms with Gasteiger partial charge >= 0.3 is 0 Å². The first-order valence-corrected chi connectivity index (χ1v) is 10.7. The molecule has 4 rings (SSSR count). The largest absolute Gasteiger partial charge is 0.328 e. The van der Waals surface area contributed by atoms with Crippen molar-refractivity contribution in [2.24, 2.45) is 10.8 Å². The average molecular weight is 413 g/mol. The van der Waals surface area contributed by atoms with Gasteiger partial charge in [0, 0.05) is 17.0 Å². The van der Waals surface area contributed by atoms with E-state index in [0.717, 1.165) is 23.2 Å². The number of benzene rings is 1. The highest BCUT2D eigenvalue weighted by molar-refractivity contribution is 5.96. The van der Waals surface area contributed by atoms with Crippen LogP contribution < -0.4 is 5.32 Å². The van der Waals surface area contributed by atoms with Crippen LogP contribution in [0.15, 0.2) is 67.4 Å². The van der Waals surface area contributed by atoms with E-state index in [1.165, 1.54) is 0 Å². The third-order valence-electron chi connectivity index (χ3n) is 7.19. The molecular formula is C26H28N4O. The Labute approximate surface area is 183 Å². The number of allylic oxidation sites excluding steroid dienone is 5. The maximum Gasteiger partial charge on any atom is 0.233 e. The molecule has 1 aromatic heterocycles. The van der Waals surface area contributed by atoms with Gasteiger partial charge in [0.2, 0.25) is 11.9 Å². The number of aryl methyl sites for hydroxylation is 1. The van der Waals surface area contributed by atoms with Crippen molar-refractivity contribution in [1.82, 2.24) is 9.97 Å². The Morgan fingerprint density at radius 2 is 2.19 bits per heavy atom. The van der Waals surface area contributed by atoms with Crippen LogP contribution in [0.1, 0.15) is 49.9 Å². The fraction of sp³-hybridized carbons (Fsp3) is 0.346. The van der Waals surface area contributed by atoms with Gasteiger partial charge in [0.05, 0.1) is 17.7 Å². The lowest BCUT2D eigenvalue weighted by atomic mass is 9.40. The van der Waals surface area contributed by atoms with E-state index in [2.05, 4.69) is 27.9 Å². The third kappa shape index (κ3) is 2.68. The molecule has 1 amide bonds. The fourth-order valence-electron chi connectivity index (χ4n) is 5.77. The van der Waals surface area contributed by atoms with Gasteiger partial charge in [-0.1, -0.05) is 68.5 Å². The molecule has 2 aliphatic rings. The second-order valence-corrected chi connectivity index (χ2v) is 8.73. The summed E-state index contributed by atoms with van der Waals surface area (Å²) in [5, 5.41) is 13.4. The first kappa shape index (κ1) is 20.9. The summed E-state index contributed by atoms with van der Waals surface area (Å²) in [6.07, 6.45) is 12.8. The molecule has 1 fully saturated rings. The summed E-state index contributed by atoms with van der Waals surface area (Å²) in [6.45, 7) is 10.1. The molecule has 4 atom stereocenters. The molecule has 0 bridgehead atoms. The summed E-state index contributed by atoms with van der Waals surface area (Å²) in [4.78, 5) is 20.9. The van der Waals surface area contributed by atoms with E-state index in [1.807, 2.05) is 75.4 Å². The lowest BCUT2D eigenvalue weighted by molar-refractivity contribution is -0.141. The Morgan fingerprint density at radius 1 is 1.42 bits per heavy atom. The first-order chi connectivity index (χ1) is 14.9. The van der Waals surface area contributed by atoms with Crippen molar-refractivity contribution in [2.75, 3.05) is 5.32 Å². The Balaban J connectivity index is 1.79. The highest BCUT2D eigenvalue weighted by atomic mass is 16.2. The van der Waals surface area contributed by atoms with Gasteiger partial charge in [-0.05, 0) is 30.9 Å². The third-order valence-corrected chi connectivity index (χ3v) is 7.19. The number of anilines is 1. The molecule has 2 N–H and O–H groups in total. The predicted octanol–water partition coefficient (Wildman–Crippen LogP) is 5.18. The van der Waals surface area contributed by atoms with Gasteiger partial charge in [0.1, 0.15) is 5.41 Å². The van der Waals surface area contributed by atoms with Gasteiger partial charge in [-0.3, -0.25) is 10.1 Å². The second kappa shape index (κ2) is 7.39. The Hall–Kier alpha value is -3.39. The minimum absolute atomic E-state index is 0.0899. The minimum Gasteiger partial charge on any atom is -0.328 e. The predicted molar refractivity (Wildman–Crippen MR) is 122 cm³/mol. The van der Waals surface area contributed by atoms with Crippen molar-refractivity contribution < 1.29 is 4.79 Å². The van der Waals surface area contributed by atoms with Crippen LogP contribution in [0.5, 0.6) is 0 Å². The SMILES string of the molecule is C=CC12CC(C)(C(=O)Nc3ncc(CC)[nH]3)C1c1ccccc1C2(C#N)/C=C\C=C/C. The quantitative estimate of drug-likeness (QED) is 0.506. The molecule has 1 aromatic carbocycles. The van der Waals surface area contributed by atoms with E-state index >= 15 is 0 Å². The van der Waals surface area contributed by atoms with Crippen molar-refractivity contribution in [3.8, 4) is 6.07 Å². The van der Waals surface area contributed by atoms with Crippen LogP contribution in [0.4, 0.5) is 5.95 Å². The summed E-state index contributed by atoms with van der Waals surface area (Å²) in [5.74, 6) is 0.224. The molecular weight excluding hydrogens is 384 g/mol.